The van der Waals surface area contributed by atoms with E-state index in [9.17, 15) is 22.4 Å². The quantitative estimate of drug-likeness (QED) is 0.602. The third-order valence-electron chi connectivity index (χ3n) is 4.00. The monoisotopic (exact) mass is 422 g/mol. The molecule has 2 rings (SSSR count). The van der Waals surface area contributed by atoms with Crippen molar-refractivity contribution in [1.29, 1.82) is 0 Å². The maximum Gasteiger partial charge on any atom is 0.324 e. The number of esters is 1. The van der Waals surface area contributed by atoms with Crippen LogP contribution in [0.4, 0.5) is 4.39 Å². The highest BCUT2D eigenvalue weighted by molar-refractivity contribution is 7.89. The molecule has 0 saturated heterocycles. The van der Waals surface area contributed by atoms with Gasteiger partial charge in [0.15, 0.2) is 6.61 Å². The Morgan fingerprint density at radius 2 is 1.66 bits per heavy atom. The van der Waals surface area contributed by atoms with Crippen LogP contribution in [-0.4, -0.2) is 32.9 Å². The van der Waals surface area contributed by atoms with E-state index in [0.717, 1.165) is 0 Å². The first kappa shape index (κ1) is 22.5. The molecule has 0 bridgehead atoms. The zero-order valence-electron chi connectivity index (χ0n) is 16.1. The molecule has 0 aliphatic rings. The summed E-state index contributed by atoms with van der Waals surface area (Å²) in [5, 5.41) is 2.54. The number of hydrogen-bond donors (Lipinski definition) is 2. The first-order valence-electron chi connectivity index (χ1n) is 8.94. The van der Waals surface area contributed by atoms with Crippen LogP contribution in [0.25, 0.3) is 0 Å². The number of hydrogen-bond acceptors (Lipinski definition) is 5. The second-order valence-corrected chi connectivity index (χ2v) is 8.38. The van der Waals surface area contributed by atoms with Crippen molar-refractivity contribution in [2.75, 3.05) is 6.61 Å². The van der Waals surface area contributed by atoms with E-state index in [2.05, 4.69) is 10.0 Å². The van der Waals surface area contributed by atoms with Crippen molar-refractivity contribution in [2.45, 2.75) is 31.3 Å². The third kappa shape index (κ3) is 6.95. The van der Waals surface area contributed by atoms with Crippen LogP contribution in [0.2, 0.25) is 0 Å². The number of ether oxygens (including phenoxy) is 1. The van der Waals surface area contributed by atoms with Crippen LogP contribution >= 0.6 is 0 Å². The summed E-state index contributed by atoms with van der Waals surface area (Å²) in [5.74, 6) is -2.19. The third-order valence-corrected chi connectivity index (χ3v) is 5.46. The number of amides is 1. The van der Waals surface area contributed by atoms with Crippen molar-refractivity contribution in [2.24, 2.45) is 5.92 Å². The van der Waals surface area contributed by atoms with E-state index >= 15 is 0 Å². The topological polar surface area (TPSA) is 102 Å². The molecule has 1 amide bonds. The van der Waals surface area contributed by atoms with Crippen LogP contribution in [0.3, 0.4) is 0 Å². The van der Waals surface area contributed by atoms with Gasteiger partial charge in [-0.3, -0.25) is 9.59 Å². The van der Waals surface area contributed by atoms with Gasteiger partial charge in [-0.15, -0.1) is 0 Å². The Bertz CT molecular complexity index is 931. The largest absolute Gasteiger partial charge is 0.454 e. The fourth-order valence-electron chi connectivity index (χ4n) is 2.37. The Morgan fingerprint density at radius 1 is 1.03 bits per heavy atom. The highest BCUT2D eigenvalue weighted by atomic mass is 32.2. The molecule has 0 unspecified atom stereocenters. The first-order chi connectivity index (χ1) is 13.7. The lowest BCUT2D eigenvalue weighted by Gasteiger charge is -2.20. The molecule has 9 heteroatoms. The number of rotatable bonds is 9. The smallest absolute Gasteiger partial charge is 0.324 e. The molecule has 0 fully saturated rings. The van der Waals surface area contributed by atoms with Crippen molar-refractivity contribution >= 4 is 21.9 Å². The summed E-state index contributed by atoms with van der Waals surface area (Å²) in [5.41, 5.74) is 0.682. The maximum atomic E-state index is 12.9. The lowest BCUT2D eigenvalue weighted by Crippen LogP contribution is -2.46. The van der Waals surface area contributed by atoms with Gasteiger partial charge < -0.3 is 10.1 Å². The molecule has 2 N–H and O–H groups in total. The molecule has 0 aliphatic heterocycles. The summed E-state index contributed by atoms with van der Waals surface area (Å²) in [6.45, 7) is 2.91. The molecule has 0 saturated carbocycles. The maximum absolute atomic E-state index is 12.9. The molecular weight excluding hydrogens is 399 g/mol. The zero-order chi connectivity index (χ0) is 21.4. The average molecular weight is 422 g/mol. The van der Waals surface area contributed by atoms with Gasteiger partial charge in [0.25, 0.3) is 5.91 Å². The second-order valence-electron chi connectivity index (χ2n) is 6.67. The lowest BCUT2D eigenvalue weighted by atomic mass is 10.1. The SMILES string of the molecule is CC(C)[C@H](NS(=O)(=O)c1ccccc1)C(=O)OCC(=O)NCc1ccc(F)cc1. The van der Waals surface area contributed by atoms with Gasteiger partial charge in [-0.05, 0) is 35.7 Å². The van der Waals surface area contributed by atoms with Gasteiger partial charge in [-0.25, -0.2) is 12.8 Å². The molecule has 2 aromatic carbocycles. The molecule has 0 aliphatic carbocycles. The Balaban J connectivity index is 1.90. The van der Waals surface area contributed by atoms with Gasteiger partial charge in [-0.2, -0.15) is 4.72 Å². The molecular formula is C20H23FN2O5S. The van der Waals surface area contributed by atoms with Crippen LogP contribution in [-0.2, 0) is 30.9 Å². The van der Waals surface area contributed by atoms with Gasteiger partial charge in [0.2, 0.25) is 10.0 Å². The van der Waals surface area contributed by atoms with Gasteiger partial charge in [-0.1, -0.05) is 44.2 Å². The Kier molecular flexibility index (Phi) is 7.86. The molecule has 0 heterocycles. The fourth-order valence-corrected chi connectivity index (χ4v) is 3.73. The Morgan fingerprint density at radius 3 is 2.24 bits per heavy atom. The molecule has 29 heavy (non-hydrogen) atoms. The van der Waals surface area contributed by atoms with Crippen molar-refractivity contribution in [3.8, 4) is 0 Å². The number of carbonyl (C=O) groups is 2. The summed E-state index contributed by atoms with van der Waals surface area (Å²) < 4.78 is 45.1. The number of benzene rings is 2. The van der Waals surface area contributed by atoms with Crippen molar-refractivity contribution < 1.29 is 27.1 Å². The Labute approximate surface area is 169 Å². The predicted octanol–water partition coefficient (Wildman–Crippen LogP) is 1.99. The van der Waals surface area contributed by atoms with E-state index in [1.165, 1.54) is 36.4 Å². The van der Waals surface area contributed by atoms with Crippen molar-refractivity contribution in [3.63, 3.8) is 0 Å². The van der Waals surface area contributed by atoms with Gasteiger partial charge in [0.1, 0.15) is 11.9 Å². The average Bonchev–Trinajstić information content (AvgIpc) is 2.70. The van der Waals surface area contributed by atoms with Gasteiger partial charge in [0, 0.05) is 6.54 Å². The van der Waals surface area contributed by atoms with Crippen LogP contribution in [0.15, 0.2) is 59.5 Å². The van der Waals surface area contributed by atoms with Gasteiger partial charge >= 0.3 is 5.97 Å². The van der Waals surface area contributed by atoms with Crippen LogP contribution in [0.5, 0.6) is 0 Å². The van der Waals surface area contributed by atoms with Crippen molar-refractivity contribution in [1.82, 2.24) is 10.0 Å². The van der Waals surface area contributed by atoms with E-state index in [4.69, 9.17) is 4.74 Å². The minimum atomic E-state index is -3.92. The molecule has 7 nitrogen and oxygen atoms in total. The highest BCUT2D eigenvalue weighted by Gasteiger charge is 2.30. The fraction of sp³-hybridized carbons (Fsp3) is 0.300. The van der Waals surface area contributed by atoms with Crippen LogP contribution < -0.4 is 10.0 Å². The number of nitrogens with one attached hydrogen (secondary N) is 2. The number of sulfonamides is 1. The normalized spacial score (nSPS) is 12.4. The second kappa shape index (κ2) is 10.1. The highest BCUT2D eigenvalue weighted by Crippen LogP contribution is 2.12. The first-order valence-corrected chi connectivity index (χ1v) is 10.4. The summed E-state index contributed by atoms with van der Waals surface area (Å²) in [6.07, 6.45) is 0. The number of halogens is 1. The molecule has 0 aromatic heterocycles. The predicted molar refractivity (Wildman–Crippen MR) is 105 cm³/mol. The lowest BCUT2D eigenvalue weighted by molar-refractivity contribution is -0.151. The number of carbonyl (C=O) groups excluding carboxylic acids is 2. The summed E-state index contributed by atoms with van der Waals surface area (Å²) >= 11 is 0. The van der Waals surface area contributed by atoms with E-state index in [-0.39, 0.29) is 17.3 Å². The molecule has 2 aromatic rings. The van der Waals surface area contributed by atoms with E-state index in [1.807, 2.05) is 0 Å². The minimum absolute atomic E-state index is 0.0236. The van der Waals surface area contributed by atoms with E-state index in [0.29, 0.717) is 5.56 Å². The summed E-state index contributed by atoms with van der Waals surface area (Å²) in [4.78, 5) is 24.2. The molecule has 1 atom stereocenters. The van der Waals surface area contributed by atoms with Crippen molar-refractivity contribution in [3.05, 3.63) is 66.0 Å². The molecule has 0 spiro atoms. The van der Waals surface area contributed by atoms with Gasteiger partial charge in [0.05, 0.1) is 4.90 Å². The van der Waals surface area contributed by atoms with Crippen LogP contribution in [0.1, 0.15) is 19.4 Å². The van der Waals surface area contributed by atoms with E-state index in [1.54, 1.807) is 32.0 Å². The van der Waals surface area contributed by atoms with E-state index < -0.39 is 40.5 Å². The summed E-state index contributed by atoms with van der Waals surface area (Å²) in [7, 11) is -3.92. The zero-order valence-corrected chi connectivity index (χ0v) is 16.9. The minimum Gasteiger partial charge on any atom is -0.454 e. The Hall–Kier alpha value is -2.78. The summed E-state index contributed by atoms with van der Waals surface area (Å²) in [6, 6.07) is 12.1. The standard InChI is InChI=1S/C20H23FN2O5S/c1-14(2)19(23-29(26,27)17-6-4-3-5-7-17)20(25)28-13-18(24)22-12-15-8-10-16(21)11-9-15/h3-11,14,19,23H,12-13H2,1-2H3,(H,22,24)/t19-/m0/s1. The molecule has 0 radical (unpaired) electrons. The van der Waals surface area contributed by atoms with Crippen LogP contribution in [0, 0.1) is 11.7 Å². The molecule has 156 valence electrons.